The summed E-state index contributed by atoms with van der Waals surface area (Å²) in [5.41, 5.74) is 2.26. The number of nitrogens with zero attached hydrogens (tertiary/aromatic N) is 3. The molecule has 1 heterocycles. The quantitative estimate of drug-likeness (QED) is 0.742. The molecular weight excluding hydrogens is 222 g/mol. The predicted molar refractivity (Wildman–Crippen MR) is 71.7 cm³/mol. The minimum Gasteiger partial charge on any atom is -0.372 e. The minimum atomic E-state index is 0.140. The molecule has 0 saturated carbocycles. The van der Waals surface area contributed by atoms with Crippen molar-refractivity contribution in [2.24, 2.45) is 0 Å². The molecule has 1 saturated heterocycles. The number of piperidine rings is 1. The fourth-order valence-electron chi connectivity index (χ4n) is 2.19. The standard InChI is InChI=1S/C15H15N3/c16-11-14(12-17)10-13-4-6-15(7-5-13)18-8-2-1-3-9-18/h4-7,10H,1-3,8-9H2. The molecule has 0 spiro atoms. The zero-order chi connectivity index (χ0) is 12.8. The first-order chi connectivity index (χ1) is 8.83. The highest BCUT2D eigenvalue weighted by atomic mass is 15.1. The van der Waals surface area contributed by atoms with E-state index >= 15 is 0 Å². The van der Waals surface area contributed by atoms with Crippen molar-refractivity contribution in [2.75, 3.05) is 18.0 Å². The lowest BCUT2D eigenvalue weighted by atomic mass is 10.1. The van der Waals surface area contributed by atoms with E-state index in [1.165, 1.54) is 24.9 Å². The first kappa shape index (κ1) is 12.2. The molecule has 3 nitrogen and oxygen atoms in total. The maximum Gasteiger partial charge on any atom is 0.130 e. The molecule has 0 aromatic heterocycles. The van der Waals surface area contributed by atoms with Crippen LogP contribution in [0.3, 0.4) is 0 Å². The Bertz CT molecular complexity index is 492. The summed E-state index contributed by atoms with van der Waals surface area (Å²) in [6.07, 6.45) is 5.45. The number of benzene rings is 1. The average molecular weight is 237 g/mol. The number of hydrogen-bond acceptors (Lipinski definition) is 3. The lowest BCUT2D eigenvalue weighted by Crippen LogP contribution is -2.29. The van der Waals surface area contributed by atoms with Gasteiger partial charge in [0, 0.05) is 18.8 Å². The van der Waals surface area contributed by atoms with E-state index in [9.17, 15) is 0 Å². The smallest absolute Gasteiger partial charge is 0.130 e. The second-order valence-corrected chi connectivity index (χ2v) is 4.42. The third kappa shape index (κ3) is 2.90. The van der Waals surface area contributed by atoms with Gasteiger partial charge in [-0.1, -0.05) is 12.1 Å². The molecule has 3 heteroatoms. The number of allylic oxidation sites excluding steroid dienone is 1. The maximum atomic E-state index is 8.70. The van der Waals surface area contributed by atoms with Gasteiger partial charge in [-0.3, -0.25) is 0 Å². The van der Waals surface area contributed by atoms with Crippen molar-refractivity contribution in [1.29, 1.82) is 10.5 Å². The van der Waals surface area contributed by atoms with Crippen molar-refractivity contribution in [2.45, 2.75) is 19.3 Å². The fourth-order valence-corrected chi connectivity index (χ4v) is 2.19. The number of rotatable bonds is 2. The van der Waals surface area contributed by atoms with Crippen LogP contribution in [0.1, 0.15) is 24.8 Å². The first-order valence-electron chi connectivity index (χ1n) is 6.20. The van der Waals surface area contributed by atoms with Crippen LogP contribution in [0.15, 0.2) is 29.8 Å². The highest BCUT2D eigenvalue weighted by Crippen LogP contribution is 2.20. The van der Waals surface area contributed by atoms with Gasteiger partial charge in [-0.05, 0) is 43.0 Å². The summed E-state index contributed by atoms with van der Waals surface area (Å²) in [5.74, 6) is 0. The van der Waals surface area contributed by atoms with Crippen LogP contribution in [0.4, 0.5) is 5.69 Å². The van der Waals surface area contributed by atoms with Crippen molar-refractivity contribution in [3.8, 4) is 12.1 Å². The van der Waals surface area contributed by atoms with Crippen LogP contribution in [0.25, 0.3) is 6.08 Å². The Kier molecular flexibility index (Phi) is 3.99. The van der Waals surface area contributed by atoms with E-state index in [2.05, 4.69) is 17.0 Å². The molecule has 1 aliphatic rings. The van der Waals surface area contributed by atoms with Crippen molar-refractivity contribution in [1.82, 2.24) is 0 Å². The Labute approximate surface area is 108 Å². The Balaban J connectivity index is 2.13. The summed E-state index contributed by atoms with van der Waals surface area (Å²) in [4.78, 5) is 2.38. The van der Waals surface area contributed by atoms with Crippen LogP contribution in [0.5, 0.6) is 0 Å². The maximum absolute atomic E-state index is 8.70. The third-order valence-corrected chi connectivity index (χ3v) is 3.17. The minimum absolute atomic E-state index is 0.140. The normalized spacial score (nSPS) is 14.4. The zero-order valence-corrected chi connectivity index (χ0v) is 10.3. The highest BCUT2D eigenvalue weighted by Gasteiger charge is 2.10. The van der Waals surface area contributed by atoms with E-state index in [4.69, 9.17) is 10.5 Å². The summed E-state index contributed by atoms with van der Waals surface area (Å²) < 4.78 is 0. The molecule has 0 aliphatic carbocycles. The molecule has 1 fully saturated rings. The average Bonchev–Trinajstić information content (AvgIpc) is 2.46. The summed E-state index contributed by atoms with van der Waals surface area (Å²) in [6, 6.07) is 11.8. The van der Waals surface area contributed by atoms with E-state index in [0.29, 0.717) is 0 Å². The summed E-state index contributed by atoms with van der Waals surface area (Å²) in [6.45, 7) is 2.24. The van der Waals surface area contributed by atoms with Crippen LogP contribution < -0.4 is 4.90 Å². The van der Waals surface area contributed by atoms with Gasteiger partial charge in [-0.2, -0.15) is 10.5 Å². The molecule has 2 rings (SSSR count). The van der Waals surface area contributed by atoms with Gasteiger partial charge in [0.1, 0.15) is 17.7 Å². The van der Waals surface area contributed by atoms with Gasteiger partial charge in [0.25, 0.3) is 0 Å². The molecule has 1 aromatic carbocycles. The molecular formula is C15H15N3. The van der Waals surface area contributed by atoms with E-state index < -0.39 is 0 Å². The van der Waals surface area contributed by atoms with E-state index in [-0.39, 0.29) is 5.57 Å². The Morgan fingerprint density at radius 1 is 1.00 bits per heavy atom. The second kappa shape index (κ2) is 5.89. The Morgan fingerprint density at radius 2 is 1.61 bits per heavy atom. The molecule has 90 valence electrons. The zero-order valence-electron chi connectivity index (χ0n) is 10.3. The van der Waals surface area contributed by atoms with Gasteiger partial charge in [0.2, 0.25) is 0 Å². The topological polar surface area (TPSA) is 50.8 Å². The van der Waals surface area contributed by atoms with Gasteiger partial charge in [0.05, 0.1) is 0 Å². The Morgan fingerprint density at radius 3 is 2.17 bits per heavy atom. The Hall–Kier alpha value is -2.26. The molecule has 18 heavy (non-hydrogen) atoms. The van der Waals surface area contributed by atoms with Gasteiger partial charge >= 0.3 is 0 Å². The van der Waals surface area contributed by atoms with Crippen LogP contribution in [0.2, 0.25) is 0 Å². The third-order valence-electron chi connectivity index (χ3n) is 3.17. The van der Waals surface area contributed by atoms with Crippen molar-refractivity contribution >= 4 is 11.8 Å². The lowest BCUT2D eigenvalue weighted by molar-refractivity contribution is 0.578. The lowest BCUT2D eigenvalue weighted by Gasteiger charge is -2.28. The predicted octanol–water partition coefficient (Wildman–Crippen LogP) is 3.11. The highest BCUT2D eigenvalue weighted by molar-refractivity contribution is 5.64. The molecule has 0 unspecified atom stereocenters. The SMILES string of the molecule is N#CC(C#N)=Cc1ccc(N2CCCCC2)cc1. The van der Waals surface area contributed by atoms with Crippen LogP contribution >= 0.6 is 0 Å². The summed E-state index contributed by atoms with van der Waals surface area (Å²) >= 11 is 0. The van der Waals surface area contributed by atoms with Crippen LogP contribution in [0, 0.1) is 22.7 Å². The van der Waals surface area contributed by atoms with Crippen molar-refractivity contribution < 1.29 is 0 Å². The van der Waals surface area contributed by atoms with Crippen LogP contribution in [-0.4, -0.2) is 13.1 Å². The van der Waals surface area contributed by atoms with Crippen LogP contribution in [-0.2, 0) is 0 Å². The number of nitriles is 2. The molecule has 0 atom stereocenters. The molecule has 1 aliphatic heterocycles. The largest absolute Gasteiger partial charge is 0.372 e. The second-order valence-electron chi connectivity index (χ2n) is 4.42. The van der Waals surface area contributed by atoms with E-state index in [0.717, 1.165) is 18.7 Å². The first-order valence-corrected chi connectivity index (χ1v) is 6.20. The van der Waals surface area contributed by atoms with Gasteiger partial charge in [0.15, 0.2) is 0 Å². The molecule has 0 N–H and O–H groups in total. The molecule has 0 amide bonds. The molecule has 0 bridgehead atoms. The van der Waals surface area contributed by atoms with Crippen molar-refractivity contribution in [3.63, 3.8) is 0 Å². The van der Waals surface area contributed by atoms with Crippen molar-refractivity contribution in [3.05, 3.63) is 35.4 Å². The molecule has 1 aromatic rings. The number of anilines is 1. The van der Waals surface area contributed by atoms with E-state index in [1.807, 2.05) is 24.3 Å². The fraction of sp³-hybridized carbons (Fsp3) is 0.333. The summed E-state index contributed by atoms with van der Waals surface area (Å²) in [5, 5.41) is 17.4. The van der Waals surface area contributed by atoms with Gasteiger partial charge in [-0.15, -0.1) is 0 Å². The van der Waals surface area contributed by atoms with Gasteiger partial charge in [-0.25, -0.2) is 0 Å². The van der Waals surface area contributed by atoms with E-state index in [1.54, 1.807) is 6.08 Å². The molecule has 0 radical (unpaired) electrons. The van der Waals surface area contributed by atoms with Gasteiger partial charge < -0.3 is 4.90 Å². The monoisotopic (exact) mass is 237 g/mol. The summed E-state index contributed by atoms with van der Waals surface area (Å²) in [7, 11) is 0. The number of hydrogen-bond donors (Lipinski definition) is 0.